The van der Waals surface area contributed by atoms with Gasteiger partial charge in [-0.25, -0.2) is 4.79 Å². The van der Waals surface area contributed by atoms with Crippen molar-refractivity contribution in [1.82, 2.24) is 4.90 Å². The Kier molecular flexibility index (Phi) is 9.08. The molecule has 0 saturated carbocycles. The van der Waals surface area contributed by atoms with Crippen LogP contribution in [-0.2, 0) is 31.9 Å². The third kappa shape index (κ3) is 6.04. The van der Waals surface area contributed by atoms with E-state index in [-0.39, 0.29) is 24.6 Å². The molecule has 1 saturated heterocycles. The second-order valence-electron chi connectivity index (χ2n) is 8.54. The fourth-order valence-corrected chi connectivity index (χ4v) is 4.60. The standard InChI is InChI=1S/C26H28F3NO5S/c1-2-34-23(32)25(33,26(27,28)29)21(15-9-14-18-10-5-3-6-11-18)22(31)30-20(17-35-24(30)36)16-19-12-7-4-8-13-19/h3-8,10-13,20-21,33H,2,9,14-17H2,1H3/t20-,21-,25-/m0/s1. The molecule has 2 aromatic carbocycles. The summed E-state index contributed by atoms with van der Waals surface area (Å²) in [5.74, 6) is -5.22. The summed E-state index contributed by atoms with van der Waals surface area (Å²) < 4.78 is 52.8. The monoisotopic (exact) mass is 523 g/mol. The van der Waals surface area contributed by atoms with Gasteiger partial charge in [-0.3, -0.25) is 9.69 Å². The maximum Gasteiger partial charge on any atom is 0.429 e. The van der Waals surface area contributed by atoms with Gasteiger partial charge in [0.25, 0.3) is 10.8 Å². The van der Waals surface area contributed by atoms with Crippen LogP contribution in [-0.4, -0.2) is 58.1 Å². The van der Waals surface area contributed by atoms with Gasteiger partial charge in [0, 0.05) is 0 Å². The molecule has 1 heterocycles. The largest absolute Gasteiger partial charge is 0.468 e. The van der Waals surface area contributed by atoms with Gasteiger partial charge in [0.1, 0.15) is 6.61 Å². The highest BCUT2D eigenvalue weighted by Gasteiger charge is 2.67. The van der Waals surface area contributed by atoms with Crippen LogP contribution in [0.5, 0.6) is 0 Å². The lowest BCUT2D eigenvalue weighted by Crippen LogP contribution is -2.63. The highest BCUT2D eigenvalue weighted by Crippen LogP contribution is 2.41. The fraction of sp³-hybridized carbons (Fsp3) is 0.423. The number of aryl methyl sites for hydroxylation is 1. The van der Waals surface area contributed by atoms with E-state index in [1.54, 1.807) is 42.5 Å². The average Bonchev–Trinajstić information content (AvgIpc) is 3.21. The lowest BCUT2D eigenvalue weighted by molar-refractivity contribution is -0.277. The van der Waals surface area contributed by atoms with E-state index < -0.39 is 48.6 Å². The van der Waals surface area contributed by atoms with Gasteiger partial charge in [-0.15, -0.1) is 0 Å². The average molecular weight is 524 g/mol. The van der Waals surface area contributed by atoms with Gasteiger partial charge in [-0.2, -0.15) is 13.2 Å². The Balaban J connectivity index is 1.94. The van der Waals surface area contributed by atoms with E-state index in [1.807, 2.05) is 18.2 Å². The zero-order valence-electron chi connectivity index (χ0n) is 19.7. The molecule has 0 aliphatic carbocycles. The van der Waals surface area contributed by atoms with Crippen LogP contribution >= 0.6 is 12.2 Å². The van der Waals surface area contributed by atoms with E-state index in [2.05, 4.69) is 4.74 Å². The van der Waals surface area contributed by atoms with Crippen LogP contribution in [0.15, 0.2) is 60.7 Å². The van der Waals surface area contributed by atoms with Crippen molar-refractivity contribution in [3.63, 3.8) is 0 Å². The third-order valence-electron chi connectivity index (χ3n) is 6.13. The third-order valence-corrected chi connectivity index (χ3v) is 6.45. The summed E-state index contributed by atoms with van der Waals surface area (Å²) in [6.07, 6.45) is -5.19. The molecule has 1 amide bonds. The number of ether oxygens (including phenoxy) is 2. The number of halogens is 3. The maximum atomic E-state index is 14.3. The van der Waals surface area contributed by atoms with Crippen LogP contribution in [0.1, 0.15) is 30.9 Å². The Morgan fingerprint density at radius 1 is 1.11 bits per heavy atom. The summed E-state index contributed by atoms with van der Waals surface area (Å²) >= 11 is 5.16. The van der Waals surface area contributed by atoms with Crippen molar-refractivity contribution in [2.24, 2.45) is 5.92 Å². The summed E-state index contributed by atoms with van der Waals surface area (Å²) in [7, 11) is 0. The molecule has 0 bridgehead atoms. The Hall–Kier alpha value is -2.98. The van der Waals surface area contributed by atoms with Crippen LogP contribution in [0.2, 0.25) is 0 Å². The Bertz CT molecular complexity index is 1050. The first kappa shape index (κ1) is 27.6. The lowest BCUT2D eigenvalue weighted by Gasteiger charge is -2.37. The van der Waals surface area contributed by atoms with Gasteiger partial charge in [-0.05, 0) is 56.0 Å². The number of carbonyl (C=O) groups is 2. The molecular weight excluding hydrogens is 495 g/mol. The van der Waals surface area contributed by atoms with E-state index in [1.165, 1.54) is 6.92 Å². The molecule has 194 valence electrons. The van der Waals surface area contributed by atoms with Crippen molar-refractivity contribution in [2.45, 2.75) is 50.4 Å². The maximum absolute atomic E-state index is 14.3. The zero-order valence-corrected chi connectivity index (χ0v) is 20.6. The molecule has 1 fully saturated rings. The topological polar surface area (TPSA) is 76.1 Å². The highest BCUT2D eigenvalue weighted by molar-refractivity contribution is 7.80. The van der Waals surface area contributed by atoms with Crippen molar-refractivity contribution < 1.29 is 37.3 Å². The van der Waals surface area contributed by atoms with Crippen LogP contribution in [0.4, 0.5) is 13.2 Å². The van der Waals surface area contributed by atoms with E-state index in [0.717, 1.165) is 16.0 Å². The molecule has 3 atom stereocenters. The van der Waals surface area contributed by atoms with Crippen LogP contribution in [0.25, 0.3) is 0 Å². The number of rotatable bonds is 10. The van der Waals surface area contributed by atoms with Crippen molar-refractivity contribution in [1.29, 1.82) is 0 Å². The second-order valence-corrected chi connectivity index (χ2v) is 8.89. The summed E-state index contributed by atoms with van der Waals surface area (Å²) in [5, 5.41) is 10.6. The molecular formula is C26H28F3NO5S. The lowest BCUT2D eigenvalue weighted by atomic mass is 9.81. The number of thiocarbonyl (C=S) groups is 1. The molecule has 0 spiro atoms. The predicted octanol–water partition coefficient (Wildman–Crippen LogP) is 4.24. The number of nitrogens with zero attached hydrogens (tertiary/aromatic N) is 1. The van der Waals surface area contributed by atoms with Crippen molar-refractivity contribution in [3.8, 4) is 0 Å². The fourth-order valence-electron chi connectivity index (χ4n) is 4.30. The minimum absolute atomic E-state index is 0.0138. The number of alkyl halides is 3. The molecule has 0 radical (unpaired) electrons. The smallest absolute Gasteiger partial charge is 0.429 e. The first-order valence-electron chi connectivity index (χ1n) is 11.6. The van der Waals surface area contributed by atoms with Gasteiger partial charge >= 0.3 is 12.1 Å². The van der Waals surface area contributed by atoms with Crippen LogP contribution in [0.3, 0.4) is 0 Å². The summed E-state index contributed by atoms with van der Waals surface area (Å²) in [6.45, 7) is 0.907. The number of carbonyl (C=O) groups excluding carboxylic acids is 2. The normalized spacial score (nSPS) is 18.3. The van der Waals surface area contributed by atoms with Crippen molar-refractivity contribution in [3.05, 3.63) is 71.8 Å². The summed E-state index contributed by atoms with van der Waals surface area (Å²) in [4.78, 5) is 27.2. The van der Waals surface area contributed by atoms with E-state index in [0.29, 0.717) is 6.42 Å². The minimum Gasteiger partial charge on any atom is -0.468 e. The number of hydrogen-bond donors (Lipinski definition) is 1. The van der Waals surface area contributed by atoms with Crippen molar-refractivity contribution in [2.75, 3.05) is 13.2 Å². The van der Waals surface area contributed by atoms with Crippen molar-refractivity contribution >= 4 is 29.3 Å². The van der Waals surface area contributed by atoms with Gasteiger partial charge in [0.05, 0.1) is 18.6 Å². The van der Waals surface area contributed by atoms with E-state index >= 15 is 0 Å². The molecule has 0 aromatic heterocycles. The Labute approximate surface area is 213 Å². The van der Waals surface area contributed by atoms with Crippen LogP contribution < -0.4 is 0 Å². The Morgan fingerprint density at radius 2 is 1.69 bits per heavy atom. The Morgan fingerprint density at radius 3 is 2.25 bits per heavy atom. The van der Waals surface area contributed by atoms with Gasteiger partial charge in [0.15, 0.2) is 0 Å². The molecule has 10 heteroatoms. The summed E-state index contributed by atoms with van der Waals surface area (Å²) in [5.41, 5.74) is -2.38. The van der Waals surface area contributed by atoms with Gasteiger partial charge < -0.3 is 14.6 Å². The predicted molar refractivity (Wildman–Crippen MR) is 130 cm³/mol. The minimum atomic E-state index is -5.47. The SMILES string of the molecule is CCOC(=O)[C@@](O)([C@@H](CCCc1ccccc1)C(=O)N1C(=S)OC[C@@H]1Cc1ccccc1)C(F)(F)F. The number of aliphatic hydroxyl groups is 1. The highest BCUT2D eigenvalue weighted by atomic mass is 32.1. The molecule has 2 aromatic rings. The number of amides is 1. The second kappa shape index (κ2) is 11.8. The first-order valence-corrected chi connectivity index (χ1v) is 12.0. The molecule has 3 rings (SSSR count). The molecule has 1 aliphatic heterocycles. The molecule has 0 unspecified atom stereocenters. The number of benzene rings is 2. The molecule has 6 nitrogen and oxygen atoms in total. The molecule has 1 N–H and O–H groups in total. The summed E-state index contributed by atoms with van der Waals surface area (Å²) in [6, 6.07) is 17.3. The zero-order chi connectivity index (χ0) is 26.3. The first-order chi connectivity index (χ1) is 17.1. The number of esters is 1. The van der Waals surface area contributed by atoms with E-state index in [4.69, 9.17) is 17.0 Å². The van der Waals surface area contributed by atoms with Crippen LogP contribution in [0, 0.1) is 5.92 Å². The van der Waals surface area contributed by atoms with Gasteiger partial charge in [-0.1, -0.05) is 60.7 Å². The molecule has 36 heavy (non-hydrogen) atoms. The quantitative estimate of drug-likeness (QED) is 0.371. The van der Waals surface area contributed by atoms with E-state index in [9.17, 15) is 27.9 Å². The molecule has 1 aliphatic rings. The van der Waals surface area contributed by atoms with Gasteiger partial charge in [0.2, 0.25) is 5.91 Å². The number of hydrogen-bond acceptors (Lipinski definition) is 6.